The van der Waals surface area contributed by atoms with E-state index in [0.717, 1.165) is 11.9 Å². The summed E-state index contributed by atoms with van der Waals surface area (Å²) in [4.78, 5) is 15.5. The molecule has 3 rings (SSSR count). The van der Waals surface area contributed by atoms with E-state index in [4.69, 9.17) is 5.11 Å². The Morgan fingerprint density at radius 1 is 1.47 bits per heavy atom. The van der Waals surface area contributed by atoms with E-state index in [1.807, 2.05) is 4.57 Å². The van der Waals surface area contributed by atoms with Gasteiger partial charge in [0.15, 0.2) is 0 Å². The van der Waals surface area contributed by atoms with Crippen LogP contribution in [0, 0.1) is 0 Å². The van der Waals surface area contributed by atoms with Crippen molar-refractivity contribution in [3.8, 4) is 0 Å². The number of imidazole rings is 1. The van der Waals surface area contributed by atoms with E-state index in [-0.39, 0.29) is 11.6 Å². The molecule has 5 nitrogen and oxygen atoms in total. The maximum atomic E-state index is 11.1. The average molecular weight is 325 g/mol. The van der Waals surface area contributed by atoms with Gasteiger partial charge in [0.25, 0.3) is 0 Å². The SMILES string of the molecule is C[C@@H]1CC[C@H](O)c2nc3cc(C(=O)O)cc(Br)c3n21. The molecule has 2 N–H and O–H groups in total. The van der Waals surface area contributed by atoms with Gasteiger partial charge in [-0.25, -0.2) is 9.78 Å². The lowest BCUT2D eigenvalue weighted by Gasteiger charge is -2.26. The number of aliphatic hydroxyl groups excluding tert-OH is 1. The Morgan fingerprint density at radius 2 is 2.21 bits per heavy atom. The van der Waals surface area contributed by atoms with Crippen LogP contribution in [0.3, 0.4) is 0 Å². The van der Waals surface area contributed by atoms with Crippen LogP contribution < -0.4 is 0 Å². The number of aromatic nitrogens is 2. The molecule has 2 heterocycles. The normalized spacial score (nSPS) is 22.5. The van der Waals surface area contributed by atoms with Gasteiger partial charge in [-0.1, -0.05) is 0 Å². The van der Waals surface area contributed by atoms with E-state index in [0.29, 0.717) is 22.2 Å². The number of benzene rings is 1. The zero-order valence-corrected chi connectivity index (χ0v) is 11.9. The van der Waals surface area contributed by atoms with Gasteiger partial charge in [-0.3, -0.25) is 0 Å². The van der Waals surface area contributed by atoms with E-state index >= 15 is 0 Å². The molecule has 6 heteroatoms. The average Bonchev–Trinajstić information content (AvgIpc) is 2.74. The number of hydrogen-bond donors (Lipinski definition) is 2. The lowest BCUT2D eigenvalue weighted by atomic mass is 10.0. The summed E-state index contributed by atoms with van der Waals surface area (Å²) in [7, 11) is 0. The van der Waals surface area contributed by atoms with E-state index in [1.165, 1.54) is 0 Å². The Bertz CT molecular complexity index is 680. The van der Waals surface area contributed by atoms with Gasteiger partial charge in [-0.2, -0.15) is 0 Å². The highest BCUT2D eigenvalue weighted by molar-refractivity contribution is 9.10. The minimum atomic E-state index is -0.984. The molecule has 0 spiro atoms. The van der Waals surface area contributed by atoms with Crippen molar-refractivity contribution in [1.82, 2.24) is 9.55 Å². The molecular weight excluding hydrogens is 312 g/mol. The second kappa shape index (κ2) is 4.31. The summed E-state index contributed by atoms with van der Waals surface area (Å²) in [5, 5.41) is 19.1. The molecule has 19 heavy (non-hydrogen) atoms. The Kier molecular flexibility index (Phi) is 2.87. The minimum absolute atomic E-state index is 0.192. The maximum Gasteiger partial charge on any atom is 0.335 e. The fourth-order valence-electron chi connectivity index (χ4n) is 2.66. The molecule has 1 aliphatic heterocycles. The number of aromatic carboxylic acids is 1. The van der Waals surface area contributed by atoms with Crippen LogP contribution >= 0.6 is 15.9 Å². The highest BCUT2D eigenvalue weighted by atomic mass is 79.9. The van der Waals surface area contributed by atoms with Crippen molar-refractivity contribution < 1.29 is 15.0 Å². The summed E-state index contributed by atoms with van der Waals surface area (Å²) in [6.45, 7) is 2.08. The molecule has 0 radical (unpaired) electrons. The Labute approximate surface area is 118 Å². The summed E-state index contributed by atoms with van der Waals surface area (Å²) in [6, 6.07) is 3.37. The van der Waals surface area contributed by atoms with Crippen LogP contribution in [0.2, 0.25) is 0 Å². The molecule has 100 valence electrons. The third kappa shape index (κ3) is 1.86. The number of aliphatic hydroxyl groups is 1. The molecule has 0 amide bonds. The first-order chi connectivity index (χ1) is 8.99. The number of hydrogen-bond acceptors (Lipinski definition) is 3. The van der Waals surface area contributed by atoms with Crippen molar-refractivity contribution in [2.45, 2.75) is 31.9 Å². The third-order valence-corrected chi connectivity index (χ3v) is 4.21. The van der Waals surface area contributed by atoms with Crippen molar-refractivity contribution in [1.29, 1.82) is 0 Å². The monoisotopic (exact) mass is 324 g/mol. The zero-order valence-electron chi connectivity index (χ0n) is 10.3. The number of carboxylic acid groups (broad SMARTS) is 1. The number of rotatable bonds is 1. The molecule has 0 fully saturated rings. The number of fused-ring (bicyclic) bond motifs is 3. The number of nitrogens with zero attached hydrogens (tertiary/aromatic N) is 2. The van der Waals surface area contributed by atoms with Crippen LogP contribution in [-0.2, 0) is 0 Å². The van der Waals surface area contributed by atoms with Crippen molar-refractivity contribution >= 4 is 32.9 Å². The van der Waals surface area contributed by atoms with Gasteiger partial charge in [0, 0.05) is 10.5 Å². The van der Waals surface area contributed by atoms with E-state index in [9.17, 15) is 9.90 Å². The Morgan fingerprint density at radius 3 is 2.89 bits per heavy atom. The van der Waals surface area contributed by atoms with Crippen molar-refractivity contribution in [2.75, 3.05) is 0 Å². The van der Waals surface area contributed by atoms with Gasteiger partial charge in [0.1, 0.15) is 11.9 Å². The standard InChI is InChI=1S/C13H13BrN2O3/c1-6-2-3-10(17)12-15-9-5-7(13(18)19)4-8(14)11(9)16(6)12/h4-6,10,17H,2-3H2,1H3,(H,18,19)/t6-,10+/m1/s1. The molecule has 2 aromatic rings. The molecule has 0 saturated carbocycles. The van der Waals surface area contributed by atoms with Gasteiger partial charge < -0.3 is 14.8 Å². The van der Waals surface area contributed by atoms with Crippen LogP contribution in [0.15, 0.2) is 16.6 Å². The number of carboxylic acids is 1. The Hall–Kier alpha value is -1.40. The van der Waals surface area contributed by atoms with Gasteiger partial charge in [-0.15, -0.1) is 0 Å². The van der Waals surface area contributed by atoms with Crippen LogP contribution in [0.5, 0.6) is 0 Å². The lowest BCUT2D eigenvalue weighted by Crippen LogP contribution is -2.19. The fourth-order valence-corrected chi connectivity index (χ4v) is 3.30. The second-order valence-corrected chi connectivity index (χ2v) is 5.77. The van der Waals surface area contributed by atoms with Crippen LogP contribution in [0.1, 0.15) is 48.1 Å². The highest BCUT2D eigenvalue weighted by Gasteiger charge is 2.28. The van der Waals surface area contributed by atoms with E-state index in [1.54, 1.807) is 12.1 Å². The smallest absolute Gasteiger partial charge is 0.335 e. The fraction of sp³-hybridized carbons (Fsp3) is 0.385. The number of carbonyl (C=O) groups is 1. The lowest BCUT2D eigenvalue weighted by molar-refractivity contribution is 0.0697. The summed E-state index contributed by atoms with van der Waals surface area (Å²) in [5.41, 5.74) is 1.65. The first-order valence-corrected chi connectivity index (χ1v) is 6.91. The molecule has 0 saturated heterocycles. The Balaban J connectivity index is 2.34. The maximum absolute atomic E-state index is 11.1. The molecule has 1 aromatic carbocycles. The first-order valence-electron chi connectivity index (χ1n) is 6.11. The molecular formula is C13H13BrN2O3. The molecule has 1 aromatic heterocycles. The largest absolute Gasteiger partial charge is 0.478 e. The van der Waals surface area contributed by atoms with Crippen LogP contribution in [-0.4, -0.2) is 25.7 Å². The molecule has 2 atom stereocenters. The first kappa shape index (κ1) is 12.6. The van der Waals surface area contributed by atoms with Gasteiger partial charge in [0.05, 0.1) is 16.6 Å². The molecule has 1 aliphatic rings. The van der Waals surface area contributed by atoms with Gasteiger partial charge in [-0.05, 0) is 47.8 Å². The van der Waals surface area contributed by atoms with Crippen LogP contribution in [0.4, 0.5) is 0 Å². The topological polar surface area (TPSA) is 75.3 Å². The number of halogens is 1. The summed E-state index contributed by atoms with van der Waals surface area (Å²) in [6.07, 6.45) is 0.990. The zero-order chi connectivity index (χ0) is 13.7. The van der Waals surface area contributed by atoms with Crippen molar-refractivity contribution in [3.63, 3.8) is 0 Å². The summed E-state index contributed by atoms with van der Waals surface area (Å²) < 4.78 is 2.70. The quantitative estimate of drug-likeness (QED) is 0.845. The van der Waals surface area contributed by atoms with Crippen molar-refractivity contribution in [2.24, 2.45) is 0 Å². The third-order valence-electron chi connectivity index (χ3n) is 3.61. The van der Waals surface area contributed by atoms with Crippen molar-refractivity contribution in [3.05, 3.63) is 28.0 Å². The van der Waals surface area contributed by atoms with E-state index in [2.05, 4.69) is 27.8 Å². The highest BCUT2D eigenvalue weighted by Crippen LogP contribution is 2.37. The minimum Gasteiger partial charge on any atom is -0.478 e. The summed E-state index contributed by atoms with van der Waals surface area (Å²) >= 11 is 3.42. The van der Waals surface area contributed by atoms with Gasteiger partial charge >= 0.3 is 5.97 Å². The summed E-state index contributed by atoms with van der Waals surface area (Å²) in [5.74, 6) is -0.362. The van der Waals surface area contributed by atoms with Crippen LogP contribution in [0.25, 0.3) is 11.0 Å². The predicted octanol–water partition coefficient (Wildman–Crippen LogP) is 2.89. The van der Waals surface area contributed by atoms with E-state index < -0.39 is 12.1 Å². The van der Waals surface area contributed by atoms with Gasteiger partial charge in [0.2, 0.25) is 0 Å². The molecule has 0 aliphatic carbocycles. The second-order valence-electron chi connectivity index (χ2n) is 4.91. The predicted molar refractivity (Wildman–Crippen MR) is 73.3 cm³/mol. The molecule has 0 unspecified atom stereocenters. The molecule has 0 bridgehead atoms.